The molecule has 6 nitrogen and oxygen atoms in total. The van der Waals surface area contributed by atoms with E-state index in [1.54, 1.807) is 26.0 Å². The van der Waals surface area contributed by atoms with Crippen molar-refractivity contribution >= 4 is 33.3 Å². The van der Waals surface area contributed by atoms with Crippen molar-refractivity contribution in [1.82, 2.24) is 0 Å². The van der Waals surface area contributed by atoms with Crippen molar-refractivity contribution in [2.45, 2.75) is 13.8 Å². The lowest BCUT2D eigenvalue weighted by Crippen LogP contribution is -2.33. The number of nitro groups is 1. The van der Waals surface area contributed by atoms with E-state index >= 15 is 0 Å². The number of esters is 1. The van der Waals surface area contributed by atoms with Crippen LogP contribution in [0.5, 0.6) is 0 Å². The maximum Gasteiger partial charge on any atom is 0.313 e. The van der Waals surface area contributed by atoms with Crippen LogP contribution in [0, 0.1) is 15.5 Å². The molecule has 0 unspecified atom stereocenters. The van der Waals surface area contributed by atoms with Crippen LogP contribution in [0.1, 0.15) is 13.8 Å². The third-order valence-electron chi connectivity index (χ3n) is 2.61. The molecule has 19 heavy (non-hydrogen) atoms. The maximum atomic E-state index is 11.5. The summed E-state index contributed by atoms with van der Waals surface area (Å²) in [7, 11) is 1.31. The van der Waals surface area contributed by atoms with Crippen LogP contribution >= 0.6 is 15.9 Å². The number of halogens is 1. The van der Waals surface area contributed by atoms with Crippen LogP contribution in [0.25, 0.3) is 0 Å². The summed E-state index contributed by atoms with van der Waals surface area (Å²) in [5, 5.41) is 13.8. The highest BCUT2D eigenvalue weighted by Gasteiger charge is 2.29. The number of anilines is 1. The number of methoxy groups -OCH3 is 1. The van der Waals surface area contributed by atoms with Gasteiger partial charge < -0.3 is 10.1 Å². The number of benzene rings is 1. The molecule has 0 spiro atoms. The van der Waals surface area contributed by atoms with Gasteiger partial charge in [0.15, 0.2) is 0 Å². The molecule has 0 fully saturated rings. The van der Waals surface area contributed by atoms with E-state index in [9.17, 15) is 14.9 Å². The summed E-state index contributed by atoms with van der Waals surface area (Å²) < 4.78 is 5.40. The van der Waals surface area contributed by atoms with Gasteiger partial charge in [-0.2, -0.15) is 0 Å². The minimum absolute atomic E-state index is 0.0381. The van der Waals surface area contributed by atoms with E-state index in [1.165, 1.54) is 13.2 Å². The van der Waals surface area contributed by atoms with Gasteiger partial charge in [0.1, 0.15) is 5.69 Å². The van der Waals surface area contributed by atoms with E-state index in [-0.39, 0.29) is 18.2 Å². The SMILES string of the molecule is COC(=O)C(C)(C)CNc1cc(Br)ccc1[N+](=O)[O-]. The van der Waals surface area contributed by atoms with E-state index in [4.69, 9.17) is 0 Å². The number of rotatable bonds is 5. The average molecular weight is 331 g/mol. The molecule has 104 valence electrons. The van der Waals surface area contributed by atoms with E-state index in [2.05, 4.69) is 26.0 Å². The van der Waals surface area contributed by atoms with Crippen LogP contribution in [-0.4, -0.2) is 24.5 Å². The largest absolute Gasteiger partial charge is 0.469 e. The van der Waals surface area contributed by atoms with Gasteiger partial charge in [-0.3, -0.25) is 14.9 Å². The van der Waals surface area contributed by atoms with Gasteiger partial charge >= 0.3 is 5.97 Å². The molecule has 0 heterocycles. The van der Waals surface area contributed by atoms with Crippen molar-refractivity contribution in [3.63, 3.8) is 0 Å². The Bertz CT molecular complexity index is 503. The highest BCUT2D eigenvalue weighted by Crippen LogP contribution is 2.29. The van der Waals surface area contributed by atoms with Gasteiger partial charge in [-0.25, -0.2) is 0 Å². The second-order valence-electron chi connectivity index (χ2n) is 4.65. The predicted molar refractivity (Wildman–Crippen MR) is 75.1 cm³/mol. The lowest BCUT2D eigenvalue weighted by molar-refractivity contribution is -0.384. The van der Waals surface area contributed by atoms with Crippen molar-refractivity contribution in [2.24, 2.45) is 5.41 Å². The third-order valence-corrected chi connectivity index (χ3v) is 3.11. The van der Waals surface area contributed by atoms with Gasteiger partial charge in [0.2, 0.25) is 0 Å². The quantitative estimate of drug-likeness (QED) is 0.510. The van der Waals surface area contributed by atoms with Crippen LogP contribution in [0.15, 0.2) is 22.7 Å². The monoisotopic (exact) mass is 330 g/mol. The molecular weight excluding hydrogens is 316 g/mol. The number of hydrogen-bond acceptors (Lipinski definition) is 5. The van der Waals surface area contributed by atoms with Gasteiger partial charge in [-0.05, 0) is 26.0 Å². The van der Waals surface area contributed by atoms with Crippen molar-refractivity contribution in [1.29, 1.82) is 0 Å². The highest BCUT2D eigenvalue weighted by atomic mass is 79.9. The van der Waals surface area contributed by atoms with Gasteiger partial charge in [-0.15, -0.1) is 0 Å². The first-order valence-corrected chi connectivity index (χ1v) is 6.33. The van der Waals surface area contributed by atoms with Crippen molar-refractivity contribution < 1.29 is 14.5 Å². The summed E-state index contributed by atoms with van der Waals surface area (Å²) in [6.07, 6.45) is 0. The zero-order valence-electron chi connectivity index (χ0n) is 10.9. The molecule has 0 aliphatic heterocycles. The minimum atomic E-state index is -0.773. The van der Waals surface area contributed by atoms with E-state index in [1.807, 2.05) is 0 Å². The Labute approximate surface area is 119 Å². The van der Waals surface area contributed by atoms with Gasteiger partial charge in [0.25, 0.3) is 5.69 Å². The molecule has 0 atom stereocenters. The number of hydrogen-bond donors (Lipinski definition) is 1. The Morgan fingerprint density at radius 3 is 2.68 bits per heavy atom. The summed E-state index contributed by atoms with van der Waals surface area (Å²) in [6, 6.07) is 4.60. The third kappa shape index (κ3) is 3.92. The topological polar surface area (TPSA) is 81.5 Å². The van der Waals surface area contributed by atoms with E-state index in [0.717, 1.165) is 4.47 Å². The molecule has 0 radical (unpaired) electrons. The van der Waals surface area contributed by atoms with Gasteiger partial charge in [-0.1, -0.05) is 15.9 Å². The van der Waals surface area contributed by atoms with Crippen molar-refractivity contribution in [3.8, 4) is 0 Å². The predicted octanol–water partition coefficient (Wildman–Crippen LogP) is 2.97. The zero-order valence-corrected chi connectivity index (χ0v) is 12.5. The molecule has 0 aliphatic rings. The summed E-state index contributed by atoms with van der Waals surface area (Å²) in [4.78, 5) is 22.0. The molecule has 0 aliphatic carbocycles. The fraction of sp³-hybridized carbons (Fsp3) is 0.417. The normalized spacial score (nSPS) is 10.9. The number of nitrogens with one attached hydrogen (secondary N) is 1. The fourth-order valence-corrected chi connectivity index (χ4v) is 1.83. The molecule has 1 aromatic carbocycles. The van der Waals surface area contributed by atoms with Crippen LogP contribution in [-0.2, 0) is 9.53 Å². The number of nitro benzene ring substituents is 1. The van der Waals surface area contributed by atoms with Crippen LogP contribution in [0.4, 0.5) is 11.4 Å². The van der Waals surface area contributed by atoms with Crippen molar-refractivity contribution in [2.75, 3.05) is 19.0 Å². The number of carbonyl (C=O) groups is 1. The number of ether oxygens (including phenoxy) is 1. The molecule has 0 amide bonds. The Morgan fingerprint density at radius 2 is 2.16 bits per heavy atom. The summed E-state index contributed by atoms with van der Waals surface area (Å²) in [6.45, 7) is 3.64. The maximum absolute atomic E-state index is 11.5. The summed E-state index contributed by atoms with van der Waals surface area (Å²) in [5.74, 6) is -0.377. The van der Waals surface area contributed by atoms with Gasteiger partial charge in [0, 0.05) is 17.1 Å². The fourth-order valence-electron chi connectivity index (χ4n) is 1.47. The molecule has 0 aromatic heterocycles. The molecule has 1 aromatic rings. The molecule has 0 saturated heterocycles. The lowest BCUT2D eigenvalue weighted by atomic mass is 9.93. The first kappa shape index (κ1) is 15.4. The van der Waals surface area contributed by atoms with E-state index in [0.29, 0.717) is 5.69 Å². The molecule has 0 bridgehead atoms. The second-order valence-corrected chi connectivity index (χ2v) is 5.56. The Kier molecular flexibility index (Phi) is 4.88. The molecule has 0 saturated carbocycles. The standard InChI is InChI=1S/C12H15BrN2O4/c1-12(2,11(16)19-3)7-14-9-6-8(13)4-5-10(9)15(17)18/h4-6,14H,7H2,1-3H3. The summed E-state index contributed by atoms with van der Waals surface area (Å²) >= 11 is 3.25. The average Bonchev–Trinajstić information content (AvgIpc) is 2.35. The number of carbonyl (C=O) groups excluding carboxylic acids is 1. The second kappa shape index (κ2) is 6.01. The molecule has 1 N–H and O–H groups in total. The summed E-state index contributed by atoms with van der Waals surface area (Å²) in [5.41, 5.74) is -0.453. The first-order chi connectivity index (χ1) is 8.77. The first-order valence-electron chi connectivity index (χ1n) is 5.54. The van der Waals surface area contributed by atoms with Crippen LogP contribution in [0.3, 0.4) is 0 Å². The van der Waals surface area contributed by atoms with Gasteiger partial charge in [0.05, 0.1) is 17.4 Å². The molecular formula is C12H15BrN2O4. The van der Waals surface area contributed by atoms with E-state index < -0.39 is 10.3 Å². The van der Waals surface area contributed by atoms with Crippen LogP contribution < -0.4 is 5.32 Å². The highest BCUT2D eigenvalue weighted by molar-refractivity contribution is 9.10. The molecule has 7 heteroatoms. The lowest BCUT2D eigenvalue weighted by Gasteiger charge is -2.22. The van der Waals surface area contributed by atoms with Crippen LogP contribution in [0.2, 0.25) is 0 Å². The minimum Gasteiger partial charge on any atom is -0.469 e. The molecule has 1 rings (SSSR count). The zero-order chi connectivity index (χ0) is 14.6. The Balaban J connectivity index is 2.91. The smallest absolute Gasteiger partial charge is 0.313 e. The Morgan fingerprint density at radius 1 is 1.53 bits per heavy atom. The van der Waals surface area contributed by atoms with Crippen molar-refractivity contribution in [3.05, 3.63) is 32.8 Å². The number of nitrogens with zero attached hydrogens (tertiary/aromatic N) is 1. The Hall–Kier alpha value is -1.63.